The summed E-state index contributed by atoms with van der Waals surface area (Å²) in [4.78, 5) is 33.8. The minimum Gasteiger partial charge on any atom is -0.337 e. The summed E-state index contributed by atoms with van der Waals surface area (Å²) in [5, 5.41) is 5.94. The molecule has 0 atom stereocenters. The van der Waals surface area contributed by atoms with Crippen molar-refractivity contribution in [2.75, 3.05) is 43.4 Å². The van der Waals surface area contributed by atoms with Crippen LogP contribution >= 0.6 is 0 Å². The number of pyridine rings is 1. The molecule has 2 aromatic carbocycles. The number of hydrogen-bond donors (Lipinski definition) is 2. The third-order valence-corrected chi connectivity index (χ3v) is 5.94. The highest BCUT2D eigenvalue weighted by molar-refractivity contribution is 5.99. The molecular weight excluding hydrogens is 433 g/mol. The Bertz CT molecular complexity index is 1170. The number of para-hydroxylation sites is 2. The number of amides is 2. The van der Waals surface area contributed by atoms with Crippen LogP contribution in [0.1, 0.15) is 21.5 Å². The number of benzene rings is 2. The van der Waals surface area contributed by atoms with Crippen molar-refractivity contribution in [1.82, 2.24) is 14.8 Å². The maximum absolute atomic E-state index is 14.1. The summed E-state index contributed by atoms with van der Waals surface area (Å²) >= 11 is 0. The highest BCUT2D eigenvalue weighted by Gasteiger charge is 2.25. The van der Waals surface area contributed by atoms with Gasteiger partial charge in [0.2, 0.25) is 5.91 Å². The molecule has 7 nitrogen and oxygen atoms in total. The molecule has 1 aromatic heterocycles. The number of nitrogens with one attached hydrogen (secondary N) is 2. The van der Waals surface area contributed by atoms with Gasteiger partial charge in [-0.15, -0.1) is 0 Å². The third-order valence-electron chi connectivity index (χ3n) is 5.94. The van der Waals surface area contributed by atoms with Crippen molar-refractivity contribution in [3.8, 4) is 0 Å². The van der Waals surface area contributed by atoms with E-state index in [1.807, 2.05) is 36.9 Å². The number of nitrogens with zero attached hydrogens (tertiary/aromatic N) is 3. The van der Waals surface area contributed by atoms with Crippen molar-refractivity contribution in [3.63, 3.8) is 0 Å². The van der Waals surface area contributed by atoms with Crippen molar-refractivity contribution >= 4 is 29.0 Å². The summed E-state index contributed by atoms with van der Waals surface area (Å²) in [6.07, 6.45) is 1.56. The van der Waals surface area contributed by atoms with Crippen LogP contribution in [0.4, 0.5) is 21.6 Å². The van der Waals surface area contributed by atoms with Gasteiger partial charge in [-0.25, -0.2) is 9.37 Å². The Kier molecular flexibility index (Phi) is 7.18. The molecule has 2 N–H and O–H groups in total. The fourth-order valence-corrected chi connectivity index (χ4v) is 4.04. The lowest BCUT2D eigenvalue weighted by atomic mass is 10.1. The van der Waals surface area contributed by atoms with Gasteiger partial charge in [0.1, 0.15) is 11.6 Å². The van der Waals surface area contributed by atoms with E-state index in [2.05, 4.69) is 15.6 Å². The van der Waals surface area contributed by atoms with Crippen molar-refractivity contribution in [3.05, 3.63) is 83.3 Å². The van der Waals surface area contributed by atoms with E-state index in [0.29, 0.717) is 37.6 Å². The lowest BCUT2D eigenvalue weighted by Crippen LogP contribution is -2.50. The number of aryl methyl sites for hydroxylation is 2. The van der Waals surface area contributed by atoms with E-state index in [9.17, 15) is 14.0 Å². The summed E-state index contributed by atoms with van der Waals surface area (Å²) in [5.74, 6) is -0.347. The maximum Gasteiger partial charge on any atom is 0.257 e. The maximum atomic E-state index is 14.1. The van der Waals surface area contributed by atoms with Gasteiger partial charge in [-0.2, -0.15) is 0 Å². The minimum atomic E-state index is -0.417. The largest absolute Gasteiger partial charge is 0.337 e. The second kappa shape index (κ2) is 10.4. The number of anilines is 3. The Hall–Kier alpha value is -3.78. The summed E-state index contributed by atoms with van der Waals surface area (Å²) in [5.41, 5.74) is 3.55. The lowest BCUT2D eigenvalue weighted by molar-refractivity contribution is -0.117. The SMILES string of the molecule is Cc1cccc(C)c1NC(=O)CN1CCN(C(=O)c2cccnc2Nc2ccccc2F)CC1. The fourth-order valence-electron chi connectivity index (χ4n) is 4.04. The summed E-state index contributed by atoms with van der Waals surface area (Å²) in [6, 6.07) is 15.6. The molecule has 2 amide bonds. The van der Waals surface area contributed by atoms with Gasteiger partial charge in [0.15, 0.2) is 0 Å². The molecule has 176 valence electrons. The number of carbonyl (C=O) groups is 2. The van der Waals surface area contributed by atoms with Gasteiger partial charge in [0, 0.05) is 38.1 Å². The number of rotatable bonds is 6. The van der Waals surface area contributed by atoms with Gasteiger partial charge in [0.05, 0.1) is 17.8 Å². The molecule has 0 saturated carbocycles. The molecule has 34 heavy (non-hydrogen) atoms. The predicted molar refractivity (Wildman–Crippen MR) is 131 cm³/mol. The molecule has 2 heterocycles. The van der Waals surface area contributed by atoms with Gasteiger partial charge in [0.25, 0.3) is 5.91 Å². The van der Waals surface area contributed by atoms with Crippen LogP contribution in [-0.2, 0) is 4.79 Å². The van der Waals surface area contributed by atoms with Crippen molar-refractivity contribution in [2.45, 2.75) is 13.8 Å². The van der Waals surface area contributed by atoms with E-state index >= 15 is 0 Å². The normalized spacial score (nSPS) is 14.0. The van der Waals surface area contributed by atoms with Crippen LogP contribution < -0.4 is 10.6 Å². The topological polar surface area (TPSA) is 77.6 Å². The van der Waals surface area contributed by atoms with E-state index in [4.69, 9.17) is 0 Å². The molecule has 4 rings (SSSR count). The Balaban J connectivity index is 1.35. The standard InChI is InChI=1S/C26H28FN5O2/c1-18-7-5-8-19(2)24(18)30-23(33)17-31-13-15-32(16-14-31)26(34)20-9-6-12-28-25(20)29-22-11-4-3-10-21(22)27/h3-12H,13-17H2,1-2H3,(H,28,29)(H,30,33). The van der Waals surface area contributed by atoms with Crippen LogP contribution in [-0.4, -0.2) is 59.3 Å². The number of aromatic nitrogens is 1. The van der Waals surface area contributed by atoms with E-state index in [1.165, 1.54) is 6.07 Å². The Morgan fingerprint density at radius 1 is 0.941 bits per heavy atom. The Labute approximate surface area is 198 Å². The average Bonchev–Trinajstić information content (AvgIpc) is 2.83. The Morgan fingerprint density at radius 3 is 2.35 bits per heavy atom. The lowest BCUT2D eigenvalue weighted by Gasteiger charge is -2.34. The molecule has 8 heteroatoms. The zero-order valence-electron chi connectivity index (χ0n) is 19.3. The van der Waals surface area contributed by atoms with Gasteiger partial charge in [-0.05, 0) is 49.2 Å². The fraction of sp³-hybridized carbons (Fsp3) is 0.269. The van der Waals surface area contributed by atoms with Gasteiger partial charge >= 0.3 is 0 Å². The Morgan fingerprint density at radius 2 is 1.65 bits per heavy atom. The van der Waals surface area contributed by atoms with Crippen molar-refractivity contribution < 1.29 is 14.0 Å². The molecule has 1 fully saturated rings. The zero-order chi connectivity index (χ0) is 24.1. The summed E-state index contributed by atoms with van der Waals surface area (Å²) in [6.45, 7) is 6.36. The molecule has 1 aliphatic rings. The van der Waals surface area contributed by atoms with E-state index in [1.54, 1.807) is 41.4 Å². The number of hydrogen-bond acceptors (Lipinski definition) is 5. The number of carbonyl (C=O) groups excluding carboxylic acids is 2. The van der Waals surface area contributed by atoms with Crippen molar-refractivity contribution in [2.24, 2.45) is 0 Å². The second-order valence-corrected chi connectivity index (χ2v) is 8.39. The first kappa shape index (κ1) is 23.4. The molecule has 0 spiro atoms. The first-order chi connectivity index (χ1) is 16.4. The van der Waals surface area contributed by atoms with Crippen LogP contribution in [0.15, 0.2) is 60.8 Å². The van der Waals surface area contributed by atoms with E-state index in [0.717, 1.165) is 16.8 Å². The molecule has 0 bridgehead atoms. The minimum absolute atomic E-state index is 0.0687. The average molecular weight is 462 g/mol. The first-order valence-electron chi connectivity index (χ1n) is 11.3. The van der Waals surface area contributed by atoms with Crippen LogP contribution in [0.2, 0.25) is 0 Å². The molecule has 0 radical (unpaired) electrons. The number of piperazine rings is 1. The smallest absolute Gasteiger partial charge is 0.257 e. The van der Waals surface area contributed by atoms with Crippen LogP contribution in [0.25, 0.3) is 0 Å². The second-order valence-electron chi connectivity index (χ2n) is 8.39. The quantitative estimate of drug-likeness (QED) is 0.581. The van der Waals surface area contributed by atoms with Crippen LogP contribution in [0, 0.1) is 19.7 Å². The van der Waals surface area contributed by atoms with Gasteiger partial charge in [-0.1, -0.05) is 30.3 Å². The summed E-state index contributed by atoms with van der Waals surface area (Å²) < 4.78 is 14.1. The highest BCUT2D eigenvalue weighted by Crippen LogP contribution is 2.23. The summed E-state index contributed by atoms with van der Waals surface area (Å²) in [7, 11) is 0. The van der Waals surface area contributed by atoms with Crippen LogP contribution in [0.5, 0.6) is 0 Å². The monoisotopic (exact) mass is 461 g/mol. The highest BCUT2D eigenvalue weighted by atomic mass is 19.1. The molecule has 1 saturated heterocycles. The third kappa shape index (κ3) is 5.40. The van der Waals surface area contributed by atoms with Gasteiger partial charge in [-0.3, -0.25) is 14.5 Å². The van der Waals surface area contributed by atoms with E-state index in [-0.39, 0.29) is 24.0 Å². The van der Waals surface area contributed by atoms with Crippen molar-refractivity contribution in [1.29, 1.82) is 0 Å². The van der Waals surface area contributed by atoms with Gasteiger partial charge < -0.3 is 15.5 Å². The molecule has 0 aliphatic carbocycles. The molecular formula is C26H28FN5O2. The molecule has 1 aliphatic heterocycles. The predicted octanol–water partition coefficient (Wildman–Crippen LogP) is 3.98. The number of halogens is 1. The molecule has 0 unspecified atom stereocenters. The first-order valence-corrected chi connectivity index (χ1v) is 11.3. The zero-order valence-corrected chi connectivity index (χ0v) is 19.3. The van der Waals surface area contributed by atoms with Crippen LogP contribution in [0.3, 0.4) is 0 Å². The molecule has 3 aromatic rings. The van der Waals surface area contributed by atoms with E-state index < -0.39 is 5.82 Å².